The maximum atomic E-state index is 13.1. The molecule has 0 aliphatic carbocycles. The standard InChI is InChI=1S/C21H18BrFN4OS2/c22-13-11-17(30-12-13)20-19(16-3-1-2-9-24-16)26-21(29)27(20)10-8-18(28)25-15-6-4-14(23)5-7-15/h1-7,9,11-12,19-20H,8,10H2,(H,25,28)(H,26,29)/t19-,20-/m0/s1. The molecule has 3 aromatic rings. The number of halogens is 2. The van der Waals surface area contributed by atoms with E-state index in [0.29, 0.717) is 17.3 Å². The average Bonchev–Trinajstić information content (AvgIpc) is 3.31. The highest BCUT2D eigenvalue weighted by molar-refractivity contribution is 9.10. The second-order valence-corrected chi connectivity index (χ2v) is 9.04. The lowest BCUT2D eigenvalue weighted by molar-refractivity contribution is -0.116. The van der Waals surface area contributed by atoms with Gasteiger partial charge >= 0.3 is 0 Å². The summed E-state index contributed by atoms with van der Waals surface area (Å²) in [6.07, 6.45) is 2.01. The van der Waals surface area contributed by atoms with E-state index in [1.165, 1.54) is 12.1 Å². The lowest BCUT2D eigenvalue weighted by atomic mass is 10.0. The monoisotopic (exact) mass is 504 g/mol. The molecular formula is C21H18BrFN4OS2. The van der Waals surface area contributed by atoms with Crippen LogP contribution in [0.25, 0.3) is 0 Å². The fourth-order valence-electron chi connectivity index (χ4n) is 3.42. The summed E-state index contributed by atoms with van der Waals surface area (Å²) in [7, 11) is 0. The summed E-state index contributed by atoms with van der Waals surface area (Å²) in [5.74, 6) is -0.496. The Labute approximate surface area is 191 Å². The normalized spacial score (nSPS) is 18.3. The summed E-state index contributed by atoms with van der Waals surface area (Å²) in [6.45, 7) is 0.447. The maximum Gasteiger partial charge on any atom is 0.226 e. The van der Waals surface area contributed by atoms with Crippen molar-refractivity contribution >= 4 is 56.2 Å². The first kappa shape index (κ1) is 20.9. The summed E-state index contributed by atoms with van der Waals surface area (Å²) >= 11 is 10.8. The molecule has 1 aliphatic heterocycles. The van der Waals surface area contributed by atoms with Gasteiger partial charge in [0, 0.05) is 39.6 Å². The van der Waals surface area contributed by atoms with Gasteiger partial charge in [-0.1, -0.05) is 6.07 Å². The van der Waals surface area contributed by atoms with Gasteiger partial charge in [-0.25, -0.2) is 4.39 Å². The number of nitrogens with zero attached hydrogens (tertiary/aromatic N) is 2. The van der Waals surface area contributed by atoms with E-state index in [1.54, 1.807) is 29.7 Å². The summed E-state index contributed by atoms with van der Waals surface area (Å²) in [4.78, 5) is 20.1. The number of amides is 1. The molecule has 1 saturated heterocycles. The van der Waals surface area contributed by atoms with Crippen LogP contribution in [0.2, 0.25) is 0 Å². The van der Waals surface area contributed by atoms with Gasteiger partial charge in [0.2, 0.25) is 5.91 Å². The van der Waals surface area contributed by atoms with E-state index in [9.17, 15) is 9.18 Å². The molecule has 5 nitrogen and oxygen atoms in total. The van der Waals surface area contributed by atoms with Crippen molar-refractivity contribution < 1.29 is 9.18 Å². The van der Waals surface area contributed by atoms with Crippen LogP contribution in [0.15, 0.2) is 64.6 Å². The predicted molar refractivity (Wildman–Crippen MR) is 124 cm³/mol. The van der Waals surface area contributed by atoms with Crippen molar-refractivity contribution in [3.05, 3.63) is 81.0 Å². The molecular weight excluding hydrogens is 487 g/mol. The van der Waals surface area contributed by atoms with Gasteiger partial charge in [-0.2, -0.15) is 0 Å². The van der Waals surface area contributed by atoms with Crippen LogP contribution in [0.1, 0.15) is 29.1 Å². The lowest BCUT2D eigenvalue weighted by Crippen LogP contribution is -2.32. The molecule has 4 rings (SSSR count). The number of thiocarbonyl (C=S) groups is 1. The number of hydrogen-bond donors (Lipinski definition) is 2. The minimum Gasteiger partial charge on any atom is -0.352 e. The van der Waals surface area contributed by atoms with Crippen molar-refractivity contribution in [1.82, 2.24) is 15.2 Å². The summed E-state index contributed by atoms with van der Waals surface area (Å²) < 4.78 is 14.1. The molecule has 1 amide bonds. The molecule has 2 atom stereocenters. The number of anilines is 1. The zero-order valence-corrected chi connectivity index (χ0v) is 18.9. The average molecular weight is 505 g/mol. The Bertz CT molecular complexity index is 1040. The Kier molecular flexibility index (Phi) is 6.40. The molecule has 2 N–H and O–H groups in total. The summed E-state index contributed by atoms with van der Waals surface area (Å²) in [6, 6.07) is 13.4. The number of carbonyl (C=O) groups is 1. The number of pyridine rings is 1. The smallest absolute Gasteiger partial charge is 0.226 e. The van der Waals surface area contributed by atoms with E-state index in [0.717, 1.165) is 15.0 Å². The molecule has 9 heteroatoms. The molecule has 0 bridgehead atoms. The second-order valence-electron chi connectivity index (χ2n) is 6.79. The molecule has 154 valence electrons. The van der Waals surface area contributed by atoms with E-state index < -0.39 is 0 Å². The highest BCUT2D eigenvalue weighted by Crippen LogP contribution is 2.41. The molecule has 0 saturated carbocycles. The van der Waals surface area contributed by atoms with Crippen LogP contribution in [0.3, 0.4) is 0 Å². The van der Waals surface area contributed by atoms with Gasteiger partial charge in [0.1, 0.15) is 5.82 Å². The van der Waals surface area contributed by atoms with E-state index in [4.69, 9.17) is 12.2 Å². The van der Waals surface area contributed by atoms with E-state index in [1.807, 2.05) is 28.5 Å². The van der Waals surface area contributed by atoms with Gasteiger partial charge in [-0.15, -0.1) is 11.3 Å². The zero-order valence-electron chi connectivity index (χ0n) is 15.7. The Morgan fingerprint density at radius 2 is 2.10 bits per heavy atom. The van der Waals surface area contributed by atoms with Crippen molar-refractivity contribution in [2.75, 3.05) is 11.9 Å². The minimum atomic E-state index is -0.341. The minimum absolute atomic E-state index is 0.0673. The van der Waals surface area contributed by atoms with Crippen LogP contribution in [-0.2, 0) is 4.79 Å². The third-order valence-electron chi connectivity index (χ3n) is 4.78. The Morgan fingerprint density at radius 3 is 2.77 bits per heavy atom. The first-order valence-corrected chi connectivity index (χ1v) is 11.4. The number of aromatic nitrogens is 1. The van der Waals surface area contributed by atoms with Crippen molar-refractivity contribution in [2.24, 2.45) is 0 Å². The van der Waals surface area contributed by atoms with Gasteiger partial charge in [-0.3, -0.25) is 9.78 Å². The number of carbonyl (C=O) groups excluding carboxylic acids is 1. The number of thiophene rings is 1. The fourth-order valence-corrected chi connectivity index (χ4v) is 5.34. The summed E-state index contributed by atoms with van der Waals surface area (Å²) in [5.41, 5.74) is 1.46. The topological polar surface area (TPSA) is 57.3 Å². The number of benzene rings is 1. The van der Waals surface area contributed by atoms with Crippen molar-refractivity contribution in [3.8, 4) is 0 Å². The number of nitrogens with one attached hydrogen (secondary N) is 2. The number of rotatable bonds is 6. The molecule has 1 aromatic carbocycles. The van der Waals surface area contributed by atoms with Gasteiger partial charge in [0.25, 0.3) is 0 Å². The molecule has 0 radical (unpaired) electrons. The lowest BCUT2D eigenvalue weighted by Gasteiger charge is -2.26. The van der Waals surface area contributed by atoms with E-state index >= 15 is 0 Å². The van der Waals surface area contributed by atoms with Gasteiger partial charge < -0.3 is 15.5 Å². The summed E-state index contributed by atoms with van der Waals surface area (Å²) in [5, 5.41) is 8.79. The molecule has 0 spiro atoms. The Hall–Kier alpha value is -2.36. The largest absolute Gasteiger partial charge is 0.352 e. The van der Waals surface area contributed by atoms with Crippen molar-refractivity contribution in [3.63, 3.8) is 0 Å². The van der Waals surface area contributed by atoms with Crippen LogP contribution in [-0.4, -0.2) is 27.4 Å². The van der Waals surface area contributed by atoms with Crippen LogP contribution in [0, 0.1) is 5.82 Å². The SMILES string of the molecule is O=C(CCN1C(=S)N[C@@H](c2ccccn2)[C@@H]1c1cc(Br)cs1)Nc1ccc(F)cc1. The number of hydrogen-bond acceptors (Lipinski definition) is 4. The van der Waals surface area contributed by atoms with Crippen molar-refractivity contribution in [2.45, 2.75) is 18.5 Å². The highest BCUT2D eigenvalue weighted by Gasteiger charge is 2.40. The fraction of sp³-hybridized carbons (Fsp3) is 0.190. The van der Waals surface area contributed by atoms with E-state index in [-0.39, 0.29) is 30.2 Å². The second kappa shape index (κ2) is 9.20. The first-order valence-electron chi connectivity index (χ1n) is 9.28. The zero-order chi connectivity index (χ0) is 21.1. The highest BCUT2D eigenvalue weighted by atomic mass is 79.9. The molecule has 0 unspecified atom stereocenters. The Morgan fingerprint density at radius 1 is 1.30 bits per heavy atom. The Balaban J connectivity index is 1.51. The molecule has 1 aliphatic rings. The predicted octanol–water partition coefficient (Wildman–Crippen LogP) is 5.05. The molecule has 1 fully saturated rings. The van der Waals surface area contributed by atoms with Gasteiger partial charge in [0.15, 0.2) is 5.11 Å². The van der Waals surface area contributed by atoms with Crippen molar-refractivity contribution in [1.29, 1.82) is 0 Å². The van der Waals surface area contributed by atoms with Crippen LogP contribution < -0.4 is 10.6 Å². The molecule has 2 aromatic heterocycles. The van der Waals surface area contributed by atoms with Crippen LogP contribution in [0.5, 0.6) is 0 Å². The van der Waals surface area contributed by atoms with Gasteiger partial charge in [-0.05, 0) is 70.6 Å². The molecule has 3 heterocycles. The van der Waals surface area contributed by atoms with Crippen LogP contribution in [0.4, 0.5) is 10.1 Å². The quantitative estimate of drug-likeness (QED) is 0.460. The third kappa shape index (κ3) is 4.69. The van der Waals surface area contributed by atoms with E-state index in [2.05, 4.69) is 37.6 Å². The first-order chi connectivity index (χ1) is 14.5. The maximum absolute atomic E-state index is 13.1. The van der Waals surface area contributed by atoms with Gasteiger partial charge in [0.05, 0.1) is 17.8 Å². The van der Waals surface area contributed by atoms with Crippen LogP contribution >= 0.6 is 39.5 Å². The third-order valence-corrected chi connectivity index (χ3v) is 6.90. The molecule has 30 heavy (non-hydrogen) atoms.